The molecule has 3 aromatic carbocycles. The highest BCUT2D eigenvalue weighted by atomic mass is 32.2. The molecular formula is C28H30FN5O4S. The van der Waals surface area contributed by atoms with Gasteiger partial charge in [0.05, 0.1) is 17.5 Å². The first-order chi connectivity index (χ1) is 18.4. The number of rotatable bonds is 10. The van der Waals surface area contributed by atoms with Crippen LogP contribution in [0.15, 0.2) is 77.2 Å². The average Bonchev–Trinajstić information content (AvgIpc) is 3.41. The Morgan fingerprint density at radius 1 is 1.05 bits per heavy atom. The standard InChI is InChI=1S/C28H30FN5O4S/c1-28(30,18-20-7-5-4-6-8-20)27-33-32-26(38-27)22-15-21(16-24(17-22)34(2)39(3,36)37)25(35)31-14-13-19-9-11-23(29)12-10-19/h4-12,15-17H,13-14,18,30H2,1-3H3,(H,31,35). The van der Waals surface area contributed by atoms with Crippen molar-refractivity contribution in [2.75, 3.05) is 24.2 Å². The van der Waals surface area contributed by atoms with E-state index in [4.69, 9.17) is 10.2 Å². The second-order valence-electron chi connectivity index (χ2n) is 9.62. The zero-order chi connectivity index (χ0) is 28.2. The third kappa shape index (κ3) is 7.06. The molecule has 0 aliphatic carbocycles. The van der Waals surface area contributed by atoms with E-state index in [-0.39, 0.29) is 28.8 Å². The Bertz CT molecular complexity index is 1550. The quantitative estimate of drug-likeness (QED) is 0.307. The first-order valence-electron chi connectivity index (χ1n) is 12.2. The van der Waals surface area contributed by atoms with Crippen LogP contribution in [-0.4, -0.2) is 44.4 Å². The van der Waals surface area contributed by atoms with Crippen molar-refractivity contribution >= 4 is 21.6 Å². The number of hydrogen-bond acceptors (Lipinski definition) is 7. The fraction of sp³-hybridized carbons (Fsp3) is 0.250. The van der Waals surface area contributed by atoms with Gasteiger partial charge in [-0.15, -0.1) is 10.2 Å². The maximum absolute atomic E-state index is 13.1. The molecule has 0 saturated heterocycles. The van der Waals surface area contributed by atoms with Crippen molar-refractivity contribution in [2.24, 2.45) is 5.73 Å². The van der Waals surface area contributed by atoms with Crippen molar-refractivity contribution in [1.29, 1.82) is 0 Å². The summed E-state index contributed by atoms with van der Waals surface area (Å²) >= 11 is 0. The third-order valence-corrected chi connectivity index (χ3v) is 7.43. The predicted octanol–water partition coefficient (Wildman–Crippen LogP) is 3.66. The number of nitrogens with two attached hydrogens (primary N) is 1. The summed E-state index contributed by atoms with van der Waals surface area (Å²) in [5.41, 5.74) is 8.23. The molecule has 1 amide bonds. The SMILES string of the molecule is CN(c1cc(C(=O)NCCc2ccc(F)cc2)cc(-c2nnc(C(C)(N)Cc3ccccc3)o2)c1)S(C)(=O)=O. The van der Waals surface area contributed by atoms with Gasteiger partial charge in [0.15, 0.2) is 0 Å². The molecule has 4 aromatic rings. The summed E-state index contributed by atoms with van der Waals surface area (Å²) in [6, 6.07) is 20.3. The van der Waals surface area contributed by atoms with Gasteiger partial charge in [-0.1, -0.05) is 42.5 Å². The number of nitrogens with one attached hydrogen (secondary N) is 1. The molecule has 0 aliphatic rings. The van der Waals surface area contributed by atoms with Gasteiger partial charge in [0, 0.05) is 24.7 Å². The minimum Gasteiger partial charge on any atom is -0.419 e. The van der Waals surface area contributed by atoms with Gasteiger partial charge in [0.1, 0.15) is 5.82 Å². The zero-order valence-electron chi connectivity index (χ0n) is 21.9. The number of carbonyl (C=O) groups excluding carboxylic acids is 1. The van der Waals surface area contributed by atoms with E-state index in [9.17, 15) is 17.6 Å². The zero-order valence-corrected chi connectivity index (χ0v) is 22.7. The maximum Gasteiger partial charge on any atom is 0.251 e. The lowest BCUT2D eigenvalue weighted by molar-refractivity contribution is 0.0954. The van der Waals surface area contributed by atoms with Crippen LogP contribution in [0.5, 0.6) is 0 Å². The minimum absolute atomic E-state index is 0.0962. The van der Waals surface area contributed by atoms with Crippen LogP contribution in [0.3, 0.4) is 0 Å². The Balaban J connectivity index is 1.60. The van der Waals surface area contributed by atoms with Gasteiger partial charge in [-0.3, -0.25) is 9.10 Å². The molecule has 0 fully saturated rings. The number of aromatic nitrogens is 2. The molecule has 1 unspecified atom stereocenters. The predicted molar refractivity (Wildman–Crippen MR) is 147 cm³/mol. The number of nitrogens with zero attached hydrogens (tertiary/aromatic N) is 3. The Morgan fingerprint density at radius 3 is 2.41 bits per heavy atom. The van der Waals surface area contributed by atoms with Crippen LogP contribution in [-0.2, 0) is 28.4 Å². The van der Waals surface area contributed by atoms with Crippen LogP contribution in [0.2, 0.25) is 0 Å². The molecule has 3 N–H and O–H groups in total. The molecular weight excluding hydrogens is 521 g/mol. The van der Waals surface area contributed by atoms with Crippen molar-refractivity contribution in [3.05, 3.63) is 101 Å². The van der Waals surface area contributed by atoms with Gasteiger partial charge in [0.25, 0.3) is 5.91 Å². The van der Waals surface area contributed by atoms with E-state index in [2.05, 4.69) is 15.5 Å². The molecule has 4 rings (SSSR count). The van der Waals surface area contributed by atoms with Crippen LogP contribution >= 0.6 is 0 Å². The molecule has 1 atom stereocenters. The van der Waals surface area contributed by atoms with Crippen LogP contribution in [0.1, 0.15) is 34.3 Å². The third-order valence-electron chi connectivity index (χ3n) is 6.23. The van der Waals surface area contributed by atoms with Gasteiger partial charge in [-0.25, -0.2) is 12.8 Å². The molecule has 0 aliphatic heterocycles. The lowest BCUT2D eigenvalue weighted by Gasteiger charge is -2.20. The van der Waals surface area contributed by atoms with Gasteiger partial charge in [0.2, 0.25) is 21.8 Å². The Morgan fingerprint density at radius 2 is 1.74 bits per heavy atom. The molecule has 39 heavy (non-hydrogen) atoms. The smallest absolute Gasteiger partial charge is 0.251 e. The number of sulfonamides is 1. The molecule has 204 valence electrons. The summed E-state index contributed by atoms with van der Waals surface area (Å²) < 4.78 is 44.6. The number of amides is 1. The normalized spacial score (nSPS) is 13.1. The Hall–Kier alpha value is -4.09. The molecule has 0 bridgehead atoms. The van der Waals surface area contributed by atoms with Crippen LogP contribution in [0, 0.1) is 5.82 Å². The molecule has 1 heterocycles. The van der Waals surface area contributed by atoms with E-state index in [1.807, 2.05) is 30.3 Å². The minimum atomic E-state index is -3.62. The lowest BCUT2D eigenvalue weighted by Crippen LogP contribution is -2.35. The number of halogens is 1. The van der Waals surface area contributed by atoms with E-state index >= 15 is 0 Å². The second kappa shape index (κ2) is 11.3. The number of anilines is 1. The van der Waals surface area contributed by atoms with Crippen LogP contribution in [0.25, 0.3) is 11.5 Å². The monoisotopic (exact) mass is 551 g/mol. The van der Waals surface area contributed by atoms with E-state index in [0.717, 1.165) is 21.7 Å². The second-order valence-corrected chi connectivity index (χ2v) is 11.6. The van der Waals surface area contributed by atoms with E-state index in [1.165, 1.54) is 25.2 Å². The van der Waals surface area contributed by atoms with Crippen molar-refractivity contribution in [3.8, 4) is 11.5 Å². The topological polar surface area (TPSA) is 131 Å². The molecule has 1 aromatic heterocycles. The van der Waals surface area contributed by atoms with Crippen molar-refractivity contribution in [1.82, 2.24) is 15.5 Å². The summed E-state index contributed by atoms with van der Waals surface area (Å²) in [5.74, 6) is -0.455. The van der Waals surface area contributed by atoms with Crippen molar-refractivity contribution < 1.29 is 22.0 Å². The van der Waals surface area contributed by atoms with Crippen molar-refractivity contribution in [3.63, 3.8) is 0 Å². The van der Waals surface area contributed by atoms with Gasteiger partial charge < -0.3 is 15.5 Å². The summed E-state index contributed by atoms with van der Waals surface area (Å²) in [4.78, 5) is 13.0. The summed E-state index contributed by atoms with van der Waals surface area (Å²) in [7, 11) is -2.23. The fourth-order valence-corrected chi connectivity index (χ4v) is 4.47. The first-order valence-corrected chi connectivity index (χ1v) is 14.1. The summed E-state index contributed by atoms with van der Waals surface area (Å²) in [5, 5.41) is 11.1. The molecule has 0 spiro atoms. The highest BCUT2D eigenvalue weighted by molar-refractivity contribution is 7.92. The number of hydrogen-bond donors (Lipinski definition) is 2. The number of benzene rings is 3. The van der Waals surface area contributed by atoms with Gasteiger partial charge in [-0.05, 0) is 61.2 Å². The van der Waals surface area contributed by atoms with Crippen LogP contribution in [0.4, 0.5) is 10.1 Å². The first kappa shape index (κ1) is 27.9. The number of carbonyl (C=O) groups is 1. The van der Waals surface area contributed by atoms with Gasteiger partial charge >= 0.3 is 0 Å². The molecule has 9 nitrogen and oxygen atoms in total. The lowest BCUT2D eigenvalue weighted by atomic mass is 9.94. The van der Waals surface area contributed by atoms with E-state index < -0.39 is 21.5 Å². The molecule has 11 heteroatoms. The van der Waals surface area contributed by atoms with Crippen LogP contribution < -0.4 is 15.4 Å². The highest BCUT2D eigenvalue weighted by Gasteiger charge is 2.29. The van der Waals surface area contributed by atoms with Crippen molar-refractivity contribution in [2.45, 2.75) is 25.3 Å². The van der Waals surface area contributed by atoms with Gasteiger partial charge in [-0.2, -0.15) is 0 Å². The van der Waals surface area contributed by atoms with E-state index in [0.29, 0.717) is 24.9 Å². The molecule has 0 saturated carbocycles. The average molecular weight is 552 g/mol. The molecule has 0 radical (unpaired) electrons. The highest BCUT2D eigenvalue weighted by Crippen LogP contribution is 2.30. The maximum atomic E-state index is 13.1. The summed E-state index contributed by atoms with van der Waals surface area (Å²) in [6.07, 6.45) is 2.01. The largest absolute Gasteiger partial charge is 0.419 e. The Labute approximate surface area is 226 Å². The Kier molecular flexibility index (Phi) is 8.12. The van der Waals surface area contributed by atoms with E-state index in [1.54, 1.807) is 31.2 Å². The summed E-state index contributed by atoms with van der Waals surface area (Å²) in [6.45, 7) is 2.08. The fourth-order valence-electron chi connectivity index (χ4n) is 3.98.